The van der Waals surface area contributed by atoms with Crippen molar-refractivity contribution in [1.29, 1.82) is 0 Å². The van der Waals surface area contributed by atoms with Crippen LogP contribution in [0.4, 0.5) is 0 Å². The Morgan fingerprint density at radius 1 is 1.36 bits per heavy atom. The molecule has 0 aliphatic carbocycles. The Morgan fingerprint density at radius 2 is 2.09 bits per heavy atom. The van der Waals surface area contributed by atoms with E-state index >= 15 is 0 Å². The molecule has 1 rings (SSSR count). The average Bonchev–Trinajstić information content (AvgIpc) is 2.03. The maximum atomic E-state index is 5.36. The molecule has 2 nitrogen and oxygen atoms in total. The lowest BCUT2D eigenvalue weighted by molar-refractivity contribution is 0.326. The summed E-state index contributed by atoms with van der Waals surface area (Å²) in [5, 5.41) is 0. The van der Waals surface area contributed by atoms with Crippen LogP contribution in [0.1, 0.15) is 5.56 Å². The van der Waals surface area contributed by atoms with E-state index < -0.39 is 0 Å². The number of aryl methyl sites for hydroxylation is 1. The number of hydrogen-bond donors (Lipinski definition) is 1. The summed E-state index contributed by atoms with van der Waals surface area (Å²) < 4.78 is 5.36. The second kappa shape index (κ2) is 3.98. The van der Waals surface area contributed by atoms with Crippen molar-refractivity contribution in [2.45, 2.75) is 6.92 Å². The van der Waals surface area contributed by atoms with Crippen LogP contribution < -0.4 is 10.5 Å². The third-order valence-electron chi connectivity index (χ3n) is 1.47. The van der Waals surface area contributed by atoms with Crippen LogP contribution in [0, 0.1) is 6.92 Å². The predicted octanol–water partition coefficient (Wildman–Crippen LogP) is 1.33. The van der Waals surface area contributed by atoms with Gasteiger partial charge in [-0.25, -0.2) is 0 Å². The van der Waals surface area contributed by atoms with Gasteiger partial charge in [0, 0.05) is 6.54 Å². The molecule has 0 fully saturated rings. The average molecular weight is 151 g/mol. The third-order valence-corrected chi connectivity index (χ3v) is 1.47. The lowest BCUT2D eigenvalue weighted by Gasteiger charge is -2.06. The molecule has 0 radical (unpaired) electrons. The molecule has 0 aliphatic heterocycles. The van der Waals surface area contributed by atoms with Crippen LogP contribution >= 0.6 is 0 Å². The van der Waals surface area contributed by atoms with Gasteiger partial charge in [-0.15, -0.1) is 0 Å². The first kappa shape index (κ1) is 8.08. The van der Waals surface area contributed by atoms with E-state index in [0.717, 1.165) is 11.3 Å². The van der Waals surface area contributed by atoms with Gasteiger partial charge in [-0.3, -0.25) is 0 Å². The zero-order valence-corrected chi connectivity index (χ0v) is 6.71. The quantitative estimate of drug-likeness (QED) is 0.707. The monoisotopic (exact) mass is 151 g/mol. The molecular formula is C9H13NO. The Hall–Kier alpha value is -1.02. The second-order valence-electron chi connectivity index (χ2n) is 2.40. The van der Waals surface area contributed by atoms with Crippen molar-refractivity contribution in [2.75, 3.05) is 13.2 Å². The summed E-state index contributed by atoms with van der Waals surface area (Å²) in [7, 11) is 0. The standard InChI is InChI=1S/C9H13NO/c1-8-4-2-3-5-9(8)11-7-6-10/h2-5H,6-7,10H2,1H3. The smallest absolute Gasteiger partial charge is 0.122 e. The Labute approximate surface area is 67.0 Å². The summed E-state index contributed by atoms with van der Waals surface area (Å²) in [4.78, 5) is 0. The summed E-state index contributed by atoms with van der Waals surface area (Å²) in [6.45, 7) is 3.17. The van der Waals surface area contributed by atoms with Crippen LogP contribution in [0.25, 0.3) is 0 Å². The van der Waals surface area contributed by atoms with E-state index in [2.05, 4.69) is 0 Å². The van der Waals surface area contributed by atoms with Crippen molar-refractivity contribution in [3.05, 3.63) is 29.8 Å². The van der Waals surface area contributed by atoms with E-state index in [4.69, 9.17) is 10.5 Å². The molecule has 0 aromatic heterocycles. The van der Waals surface area contributed by atoms with Gasteiger partial charge < -0.3 is 10.5 Å². The minimum atomic E-state index is 0.564. The number of nitrogens with two attached hydrogens (primary N) is 1. The Kier molecular flexibility index (Phi) is 2.93. The highest BCUT2D eigenvalue weighted by Gasteiger charge is 1.94. The van der Waals surface area contributed by atoms with Gasteiger partial charge in [0.25, 0.3) is 0 Å². The van der Waals surface area contributed by atoms with E-state index in [1.54, 1.807) is 0 Å². The zero-order valence-electron chi connectivity index (χ0n) is 6.71. The van der Waals surface area contributed by atoms with Gasteiger partial charge in [-0.05, 0) is 18.6 Å². The van der Waals surface area contributed by atoms with Crippen molar-refractivity contribution in [1.82, 2.24) is 0 Å². The van der Waals surface area contributed by atoms with Crippen LogP contribution in [0.5, 0.6) is 5.75 Å². The fourth-order valence-corrected chi connectivity index (χ4v) is 0.887. The van der Waals surface area contributed by atoms with Crippen LogP contribution in [-0.4, -0.2) is 13.2 Å². The minimum Gasteiger partial charge on any atom is -0.492 e. The van der Waals surface area contributed by atoms with Gasteiger partial charge in [0.1, 0.15) is 12.4 Å². The van der Waals surface area contributed by atoms with Gasteiger partial charge in [0.05, 0.1) is 0 Å². The van der Waals surface area contributed by atoms with Crippen LogP contribution in [0.3, 0.4) is 0 Å². The Bertz CT molecular complexity index is 223. The first-order valence-corrected chi connectivity index (χ1v) is 3.73. The summed E-state index contributed by atoms with van der Waals surface area (Å²) >= 11 is 0. The first-order chi connectivity index (χ1) is 5.34. The van der Waals surface area contributed by atoms with E-state index in [0.29, 0.717) is 13.2 Å². The van der Waals surface area contributed by atoms with Gasteiger partial charge in [-0.1, -0.05) is 18.2 Å². The van der Waals surface area contributed by atoms with Crippen molar-refractivity contribution in [3.8, 4) is 5.75 Å². The largest absolute Gasteiger partial charge is 0.492 e. The first-order valence-electron chi connectivity index (χ1n) is 3.73. The number of hydrogen-bond acceptors (Lipinski definition) is 2. The molecule has 2 N–H and O–H groups in total. The van der Waals surface area contributed by atoms with Crippen molar-refractivity contribution in [2.24, 2.45) is 5.73 Å². The Morgan fingerprint density at radius 3 is 2.73 bits per heavy atom. The van der Waals surface area contributed by atoms with E-state index in [1.165, 1.54) is 0 Å². The van der Waals surface area contributed by atoms with Crippen LogP contribution in [0.15, 0.2) is 24.3 Å². The van der Waals surface area contributed by atoms with Crippen molar-refractivity contribution in [3.63, 3.8) is 0 Å². The van der Waals surface area contributed by atoms with Gasteiger partial charge in [0.2, 0.25) is 0 Å². The molecule has 0 amide bonds. The predicted molar refractivity (Wildman–Crippen MR) is 45.7 cm³/mol. The number of para-hydroxylation sites is 1. The molecule has 1 aromatic carbocycles. The number of ether oxygens (including phenoxy) is 1. The van der Waals surface area contributed by atoms with Gasteiger partial charge in [-0.2, -0.15) is 0 Å². The molecule has 0 atom stereocenters. The molecule has 0 aliphatic rings. The van der Waals surface area contributed by atoms with Crippen molar-refractivity contribution >= 4 is 0 Å². The molecule has 11 heavy (non-hydrogen) atoms. The number of benzene rings is 1. The molecule has 0 saturated heterocycles. The van der Waals surface area contributed by atoms with E-state index in [-0.39, 0.29) is 0 Å². The molecular weight excluding hydrogens is 138 g/mol. The number of rotatable bonds is 3. The maximum Gasteiger partial charge on any atom is 0.122 e. The molecule has 0 unspecified atom stereocenters. The molecule has 60 valence electrons. The highest BCUT2D eigenvalue weighted by Crippen LogP contribution is 2.15. The summed E-state index contributed by atoms with van der Waals surface area (Å²) in [5.41, 5.74) is 6.46. The van der Waals surface area contributed by atoms with Gasteiger partial charge >= 0.3 is 0 Å². The molecule has 1 aromatic rings. The maximum absolute atomic E-state index is 5.36. The molecule has 0 spiro atoms. The zero-order chi connectivity index (χ0) is 8.10. The van der Waals surface area contributed by atoms with E-state index in [1.807, 2.05) is 31.2 Å². The highest BCUT2D eigenvalue weighted by molar-refractivity contribution is 5.31. The van der Waals surface area contributed by atoms with E-state index in [9.17, 15) is 0 Å². The SMILES string of the molecule is Cc1ccccc1OCCN. The van der Waals surface area contributed by atoms with Crippen molar-refractivity contribution < 1.29 is 4.74 Å². The molecule has 0 heterocycles. The molecule has 0 saturated carbocycles. The van der Waals surface area contributed by atoms with Crippen LogP contribution in [0.2, 0.25) is 0 Å². The lowest BCUT2D eigenvalue weighted by Crippen LogP contribution is -2.10. The van der Waals surface area contributed by atoms with Crippen LogP contribution in [-0.2, 0) is 0 Å². The summed E-state index contributed by atoms with van der Waals surface area (Å²) in [5.74, 6) is 0.929. The molecule has 0 bridgehead atoms. The fourth-order valence-electron chi connectivity index (χ4n) is 0.887. The van der Waals surface area contributed by atoms with Gasteiger partial charge in [0.15, 0.2) is 0 Å². The summed E-state index contributed by atoms with van der Waals surface area (Å²) in [6, 6.07) is 7.92. The third kappa shape index (κ3) is 2.24. The normalized spacial score (nSPS) is 9.64. The fraction of sp³-hybridized carbons (Fsp3) is 0.333. The lowest BCUT2D eigenvalue weighted by atomic mass is 10.2. The minimum absolute atomic E-state index is 0.564. The summed E-state index contributed by atoms with van der Waals surface area (Å²) in [6.07, 6.45) is 0. The molecule has 2 heteroatoms. The Balaban J connectivity index is 2.62. The second-order valence-corrected chi connectivity index (χ2v) is 2.40. The topological polar surface area (TPSA) is 35.2 Å². The highest BCUT2D eigenvalue weighted by atomic mass is 16.5.